The summed E-state index contributed by atoms with van der Waals surface area (Å²) in [6, 6.07) is 8.81. The number of nitrogens with zero attached hydrogens (tertiary/aromatic N) is 3. The molecule has 1 heterocycles. The normalized spacial score (nSPS) is 16.4. The zero-order valence-corrected chi connectivity index (χ0v) is 17.6. The molecule has 0 saturated carbocycles. The standard InChI is InChI=1S/C22H39N5/c1-4-26(3)19-21-12-9-11-20(17-21)18-25-22(23-2)24-13-10-16-27-14-7-5-6-8-15-27/h9,11-12,17H,4-8,10,13-16,18-19H2,1-3H3,(H2,23,24,25). The van der Waals surface area contributed by atoms with Crippen LogP contribution in [-0.2, 0) is 13.1 Å². The van der Waals surface area contributed by atoms with Crippen molar-refractivity contribution in [3.05, 3.63) is 35.4 Å². The first-order chi connectivity index (χ1) is 13.2. The average molecular weight is 374 g/mol. The summed E-state index contributed by atoms with van der Waals surface area (Å²) in [5.41, 5.74) is 2.66. The summed E-state index contributed by atoms with van der Waals surface area (Å²) in [4.78, 5) is 9.29. The van der Waals surface area contributed by atoms with Crippen molar-refractivity contribution >= 4 is 5.96 Å². The average Bonchev–Trinajstić information content (AvgIpc) is 2.96. The van der Waals surface area contributed by atoms with Crippen LogP contribution in [0.2, 0.25) is 0 Å². The van der Waals surface area contributed by atoms with Gasteiger partial charge in [0.15, 0.2) is 5.96 Å². The predicted molar refractivity (Wildman–Crippen MR) is 116 cm³/mol. The van der Waals surface area contributed by atoms with E-state index in [1.54, 1.807) is 0 Å². The maximum atomic E-state index is 4.36. The smallest absolute Gasteiger partial charge is 0.191 e. The Morgan fingerprint density at radius 1 is 1.11 bits per heavy atom. The van der Waals surface area contributed by atoms with Gasteiger partial charge in [-0.3, -0.25) is 4.99 Å². The van der Waals surface area contributed by atoms with Crippen molar-refractivity contribution in [2.75, 3.05) is 46.8 Å². The molecule has 1 fully saturated rings. The highest BCUT2D eigenvalue weighted by atomic mass is 15.2. The fraction of sp³-hybridized carbons (Fsp3) is 0.682. The molecular formula is C22H39N5. The van der Waals surface area contributed by atoms with Gasteiger partial charge in [-0.2, -0.15) is 0 Å². The second-order valence-electron chi connectivity index (χ2n) is 7.61. The molecule has 0 aromatic heterocycles. The van der Waals surface area contributed by atoms with Gasteiger partial charge in [0.1, 0.15) is 0 Å². The van der Waals surface area contributed by atoms with E-state index >= 15 is 0 Å². The van der Waals surface area contributed by atoms with Gasteiger partial charge in [-0.05, 0) is 63.6 Å². The quantitative estimate of drug-likeness (QED) is 0.397. The van der Waals surface area contributed by atoms with Crippen molar-refractivity contribution in [3.63, 3.8) is 0 Å². The van der Waals surface area contributed by atoms with Crippen LogP contribution in [0, 0.1) is 0 Å². The molecule has 2 rings (SSSR count). The molecule has 1 aliphatic heterocycles. The lowest BCUT2D eigenvalue weighted by molar-refractivity contribution is 0.282. The molecule has 1 aliphatic rings. The molecule has 0 bridgehead atoms. The summed E-state index contributed by atoms with van der Waals surface area (Å²) in [7, 11) is 4.00. The lowest BCUT2D eigenvalue weighted by atomic mass is 10.1. The van der Waals surface area contributed by atoms with Crippen molar-refractivity contribution in [1.29, 1.82) is 0 Å². The minimum absolute atomic E-state index is 0.801. The molecule has 5 nitrogen and oxygen atoms in total. The van der Waals surface area contributed by atoms with Gasteiger partial charge in [-0.15, -0.1) is 0 Å². The van der Waals surface area contributed by atoms with Gasteiger partial charge >= 0.3 is 0 Å². The first-order valence-electron chi connectivity index (χ1n) is 10.6. The monoisotopic (exact) mass is 373 g/mol. The minimum atomic E-state index is 0.801. The number of nitrogens with one attached hydrogen (secondary N) is 2. The number of guanidine groups is 1. The van der Waals surface area contributed by atoms with E-state index in [1.165, 1.54) is 62.9 Å². The molecule has 0 radical (unpaired) electrons. The van der Waals surface area contributed by atoms with Gasteiger partial charge < -0.3 is 20.4 Å². The molecule has 0 unspecified atom stereocenters. The zero-order valence-electron chi connectivity index (χ0n) is 17.6. The Balaban J connectivity index is 1.68. The Morgan fingerprint density at radius 2 is 1.85 bits per heavy atom. The Kier molecular flexibility index (Phi) is 10.2. The van der Waals surface area contributed by atoms with E-state index in [9.17, 15) is 0 Å². The van der Waals surface area contributed by atoms with Gasteiger partial charge in [0.25, 0.3) is 0 Å². The van der Waals surface area contributed by atoms with Crippen LogP contribution < -0.4 is 10.6 Å². The third-order valence-corrected chi connectivity index (χ3v) is 5.31. The highest BCUT2D eigenvalue weighted by molar-refractivity contribution is 5.79. The molecule has 27 heavy (non-hydrogen) atoms. The van der Waals surface area contributed by atoms with Crippen molar-refractivity contribution < 1.29 is 0 Å². The maximum Gasteiger partial charge on any atom is 0.191 e. The van der Waals surface area contributed by atoms with Gasteiger partial charge in [-0.25, -0.2) is 0 Å². The molecule has 1 aromatic rings. The van der Waals surface area contributed by atoms with Crippen LogP contribution in [-0.4, -0.2) is 62.6 Å². The Bertz CT molecular complexity index is 549. The summed E-state index contributed by atoms with van der Waals surface area (Å²) in [5, 5.41) is 6.90. The molecule has 0 atom stereocenters. The van der Waals surface area contributed by atoms with E-state index in [4.69, 9.17) is 0 Å². The van der Waals surface area contributed by atoms with Crippen molar-refractivity contribution in [3.8, 4) is 0 Å². The van der Waals surface area contributed by atoms with E-state index in [0.29, 0.717) is 0 Å². The van der Waals surface area contributed by atoms with Crippen molar-refractivity contribution in [2.45, 2.75) is 52.1 Å². The molecule has 5 heteroatoms. The van der Waals surface area contributed by atoms with Crippen molar-refractivity contribution in [1.82, 2.24) is 20.4 Å². The number of benzene rings is 1. The fourth-order valence-corrected chi connectivity index (χ4v) is 3.54. The van der Waals surface area contributed by atoms with Crippen LogP contribution in [0.15, 0.2) is 29.3 Å². The molecule has 2 N–H and O–H groups in total. The first kappa shape index (κ1) is 21.7. The SMILES string of the molecule is CCN(C)Cc1cccc(CNC(=NC)NCCCN2CCCCCC2)c1. The Morgan fingerprint density at radius 3 is 2.56 bits per heavy atom. The van der Waals surface area contributed by atoms with E-state index in [1.807, 2.05) is 7.05 Å². The second-order valence-corrected chi connectivity index (χ2v) is 7.61. The lowest BCUT2D eigenvalue weighted by Gasteiger charge is -2.20. The lowest BCUT2D eigenvalue weighted by Crippen LogP contribution is -2.38. The minimum Gasteiger partial charge on any atom is -0.356 e. The molecule has 0 aliphatic carbocycles. The number of likely N-dealkylation sites (tertiary alicyclic amines) is 1. The number of hydrogen-bond acceptors (Lipinski definition) is 3. The van der Waals surface area contributed by atoms with E-state index in [2.05, 4.69) is 63.7 Å². The highest BCUT2D eigenvalue weighted by Crippen LogP contribution is 2.09. The van der Waals surface area contributed by atoms with E-state index < -0.39 is 0 Å². The number of hydrogen-bond donors (Lipinski definition) is 2. The maximum absolute atomic E-state index is 4.36. The van der Waals surface area contributed by atoms with Crippen molar-refractivity contribution in [2.24, 2.45) is 4.99 Å². The van der Waals surface area contributed by atoms with Crippen LogP contribution >= 0.6 is 0 Å². The highest BCUT2D eigenvalue weighted by Gasteiger charge is 2.08. The van der Waals surface area contributed by atoms with Gasteiger partial charge in [0, 0.05) is 26.7 Å². The van der Waals surface area contributed by atoms with Gasteiger partial charge in [0.2, 0.25) is 0 Å². The number of rotatable bonds is 9. The van der Waals surface area contributed by atoms with Gasteiger partial charge in [0.05, 0.1) is 0 Å². The predicted octanol–water partition coefficient (Wildman–Crippen LogP) is 3.07. The van der Waals surface area contributed by atoms with Gasteiger partial charge in [-0.1, -0.05) is 44.0 Å². The molecule has 1 aromatic carbocycles. The third-order valence-electron chi connectivity index (χ3n) is 5.31. The van der Waals surface area contributed by atoms with E-state index in [0.717, 1.165) is 32.1 Å². The van der Waals surface area contributed by atoms with Crippen LogP contribution in [0.5, 0.6) is 0 Å². The molecule has 0 spiro atoms. The summed E-state index contributed by atoms with van der Waals surface area (Å²) in [6.07, 6.45) is 6.70. The van der Waals surface area contributed by atoms with Crippen LogP contribution in [0.1, 0.15) is 50.2 Å². The summed E-state index contributed by atoms with van der Waals surface area (Å²) in [5.74, 6) is 0.891. The van der Waals surface area contributed by atoms with E-state index in [-0.39, 0.29) is 0 Å². The molecular weight excluding hydrogens is 334 g/mol. The van der Waals surface area contributed by atoms with Crippen LogP contribution in [0.3, 0.4) is 0 Å². The summed E-state index contributed by atoms with van der Waals surface area (Å²) >= 11 is 0. The Hall–Kier alpha value is -1.59. The first-order valence-corrected chi connectivity index (χ1v) is 10.6. The second kappa shape index (κ2) is 12.7. The molecule has 0 amide bonds. The molecule has 152 valence electrons. The van der Waals surface area contributed by atoms with Crippen LogP contribution in [0.4, 0.5) is 0 Å². The summed E-state index contributed by atoms with van der Waals surface area (Å²) in [6.45, 7) is 9.76. The Labute approximate surface area is 166 Å². The topological polar surface area (TPSA) is 42.9 Å². The summed E-state index contributed by atoms with van der Waals surface area (Å²) < 4.78 is 0. The fourth-order valence-electron chi connectivity index (χ4n) is 3.54. The largest absolute Gasteiger partial charge is 0.356 e. The zero-order chi connectivity index (χ0) is 19.3. The number of aliphatic imine (C=N–C) groups is 1. The van der Waals surface area contributed by atoms with Crippen LogP contribution in [0.25, 0.3) is 0 Å². The molecule has 1 saturated heterocycles. The third kappa shape index (κ3) is 8.76.